The van der Waals surface area contributed by atoms with Crippen molar-refractivity contribution in [2.45, 2.75) is 38.0 Å². The number of nitrogens with one attached hydrogen (secondary N) is 1. The fourth-order valence-electron chi connectivity index (χ4n) is 5.17. The molecule has 37 heavy (non-hydrogen) atoms. The molecular formula is C29H32ClN3O4. The number of halogens is 1. The van der Waals surface area contributed by atoms with E-state index in [9.17, 15) is 9.59 Å². The predicted octanol–water partition coefficient (Wildman–Crippen LogP) is 5.96. The van der Waals surface area contributed by atoms with Gasteiger partial charge in [0.25, 0.3) is 11.8 Å². The van der Waals surface area contributed by atoms with Crippen molar-refractivity contribution in [3.05, 3.63) is 77.2 Å². The predicted molar refractivity (Wildman–Crippen MR) is 145 cm³/mol. The minimum atomic E-state index is -0.245. The van der Waals surface area contributed by atoms with Gasteiger partial charge in [0.1, 0.15) is 5.75 Å². The topological polar surface area (TPSA) is 75.0 Å². The number of benzene rings is 2. The monoisotopic (exact) mass is 521 g/mol. The number of ether oxygens (including phenoxy) is 1. The number of carbonyl (C=O) groups excluding carboxylic acids is 2. The van der Waals surface area contributed by atoms with E-state index in [1.54, 1.807) is 23.1 Å². The highest BCUT2D eigenvalue weighted by Crippen LogP contribution is 2.33. The van der Waals surface area contributed by atoms with Gasteiger partial charge in [-0.15, -0.1) is 0 Å². The van der Waals surface area contributed by atoms with Crippen LogP contribution >= 0.6 is 11.6 Å². The first kappa shape index (κ1) is 25.2. The molecule has 1 aromatic heterocycles. The van der Waals surface area contributed by atoms with Crippen LogP contribution in [0.2, 0.25) is 5.02 Å². The Morgan fingerprint density at radius 3 is 2.41 bits per heavy atom. The van der Waals surface area contributed by atoms with Gasteiger partial charge in [-0.1, -0.05) is 43.0 Å². The van der Waals surface area contributed by atoms with Crippen molar-refractivity contribution >= 4 is 34.8 Å². The molecule has 0 bridgehead atoms. The third kappa shape index (κ3) is 6.28. The van der Waals surface area contributed by atoms with Gasteiger partial charge in [0.05, 0.1) is 17.0 Å². The van der Waals surface area contributed by atoms with E-state index in [-0.39, 0.29) is 18.4 Å². The van der Waals surface area contributed by atoms with Crippen LogP contribution in [0.25, 0.3) is 0 Å². The Morgan fingerprint density at radius 1 is 0.973 bits per heavy atom. The van der Waals surface area contributed by atoms with E-state index in [4.69, 9.17) is 20.8 Å². The van der Waals surface area contributed by atoms with E-state index in [0.29, 0.717) is 54.3 Å². The lowest BCUT2D eigenvalue weighted by Crippen LogP contribution is -2.48. The first-order chi connectivity index (χ1) is 18.1. The second-order valence-electron chi connectivity index (χ2n) is 9.66. The fourth-order valence-corrected chi connectivity index (χ4v) is 5.47. The second kappa shape index (κ2) is 11.7. The standard InChI is InChI=1S/C29H32ClN3O4/c30-25-19-23(10-13-26(25)32-14-16-33(17-15-32)29(35)27-7-4-18-36-27)31-28(34)20-37-24-11-8-22(9-12-24)21-5-2-1-3-6-21/h4,7-13,18-19,21H,1-3,5-6,14-17,20H2,(H,31,34). The molecule has 0 atom stereocenters. The lowest BCUT2D eigenvalue weighted by molar-refractivity contribution is -0.118. The molecule has 2 aromatic carbocycles. The number of amides is 2. The molecule has 194 valence electrons. The highest BCUT2D eigenvalue weighted by Gasteiger charge is 2.25. The van der Waals surface area contributed by atoms with Gasteiger partial charge in [-0.2, -0.15) is 0 Å². The fraction of sp³-hybridized carbons (Fsp3) is 0.379. The summed E-state index contributed by atoms with van der Waals surface area (Å²) in [5, 5.41) is 3.40. The highest BCUT2D eigenvalue weighted by molar-refractivity contribution is 6.33. The Hall–Kier alpha value is -3.45. The molecule has 7 nitrogen and oxygen atoms in total. The SMILES string of the molecule is O=C(COc1ccc(C2CCCCC2)cc1)Nc1ccc(N2CCN(C(=O)c3ccco3)CC2)c(Cl)c1. The zero-order chi connectivity index (χ0) is 25.6. The summed E-state index contributed by atoms with van der Waals surface area (Å²) in [6.07, 6.45) is 7.96. The minimum absolute atomic E-state index is 0.0756. The van der Waals surface area contributed by atoms with Gasteiger partial charge in [-0.3, -0.25) is 9.59 Å². The van der Waals surface area contributed by atoms with E-state index in [0.717, 1.165) is 5.69 Å². The summed E-state index contributed by atoms with van der Waals surface area (Å²) < 4.78 is 10.9. The normalized spacial score (nSPS) is 16.5. The molecule has 1 saturated carbocycles. The second-order valence-corrected chi connectivity index (χ2v) is 10.1. The highest BCUT2D eigenvalue weighted by atomic mass is 35.5. The van der Waals surface area contributed by atoms with Crippen molar-refractivity contribution in [2.24, 2.45) is 0 Å². The summed E-state index contributed by atoms with van der Waals surface area (Å²) in [5.74, 6) is 1.34. The van der Waals surface area contributed by atoms with Crippen LogP contribution in [0.5, 0.6) is 5.75 Å². The maximum absolute atomic E-state index is 12.5. The molecule has 1 aliphatic heterocycles. The quantitative estimate of drug-likeness (QED) is 0.415. The van der Waals surface area contributed by atoms with Gasteiger partial charge in [0.2, 0.25) is 0 Å². The molecule has 8 heteroatoms. The Kier molecular flexibility index (Phi) is 7.99. The lowest BCUT2D eigenvalue weighted by atomic mass is 9.84. The molecule has 2 heterocycles. The van der Waals surface area contributed by atoms with Crippen molar-refractivity contribution in [2.75, 3.05) is 43.0 Å². The largest absolute Gasteiger partial charge is 0.484 e. The third-order valence-electron chi connectivity index (χ3n) is 7.20. The molecule has 2 fully saturated rings. The molecule has 1 N–H and O–H groups in total. The molecular weight excluding hydrogens is 490 g/mol. The van der Waals surface area contributed by atoms with E-state index < -0.39 is 0 Å². The molecule has 2 aliphatic rings. The van der Waals surface area contributed by atoms with Crippen LogP contribution in [0.3, 0.4) is 0 Å². The van der Waals surface area contributed by atoms with Crippen molar-refractivity contribution in [3.8, 4) is 5.75 Å². The van der Waals surface area contributed by atoms with E-state index in [1.165, 1.54) is 43.9 Å². The van der Waals surface area contributed by atoms with E-state index in [1.807, 2.05) is 24.3 Å². The smallest absolute Gasteiger partial charge is 0.289 e. The van der Waals surface area contributed by atoms with Crippen molar-refractivity contribution in [3.63, 3.8) is 0 Å². The van der Waals surface area contributed by atoms with Crippen molar-refractivity contribution in [1.82, 2.24) is 4.90 Å². The summed E-state index contributed by atoms with van der Waals surface area (Å²) in [6.45, 7) is 2.39. The van der Waals surface area contributed by atoms with Crippen LogP contribution in [0.15, 0.2) is 65.3 Å². The molecule has 5 rings (SSSR count). The minimum Gasteiger partial charge on any atom is -0.484 e. The molecule has 3 aromatic rings. The average Bonchev–Trinajstić information content (AvgIpc) is 3.48. The van der Waals surface area contributed by atoms with Crippen LogP contribution in [0.1, 0.15) is 54.1 Å². The van der Waals surface area contributed by atoms with Crippen molar-refractivity contribution < 1.29 is 18.7 Å². The van der Waals surface area contributed by atoms with Gasteiger partial charge in [-0.25, -0.2) is 0 Å². The first-order valence-electron chi connectivity index (χ1n) is 13.0. The number of carbonyl (C=O) groups is 2. The summed E-state index contributed by atoms with van der Waals surface area (Å²) in [4.78, 5) is 28.9. The molecule has 0 spiro atoms. The van der Waals surface area contributed by atoms with Gasteiger partial charge in [0, 0.05) is 31.9 Å². The third-order valence-corrected chi connectivity index (χ3v) is 7.50. The number of nitrogens with zero attached hydrogens (tertiary/aromatic N) is 2. The molecule has 1 aliphatic carbocycles. The zero-order valence-electron chi connectivity index (χ0n) is 20.8. The van der Waals surface area contributed by atoms with E-state index in [2.05, 4.69) is 22.3 Å². The van der Waals surface area contributed by atoms with Gasteiger partial charge >= 0.3 is 0 Å². The Labute approximate surface area is 222 Å². The van der Waals surface area contributed by atoms with Crippen LogP contribution in [-0.2, 0) is 4.79 Å². The number of furan rings is 1. The molecule has 0 unspecified atom stereocenters. The maximum Gasteiger partial charge on any atom is 0.289 e. The Morgan fingerprint density at radius 2 is 1.73 bits per heavy atom. The maximum atomic E-state index is 12.5. The van der Waals surface area contributed by atoms with Crippen molar-refractivity contribution in [1.29, 1.82) is 0 Å². The van der Waals surface area contributed by atoms with Crippen LogP contribution in [0.4, 0.5) is 11.4 Å². The lowest BCUT2D eigenvalue weighted by Gasteiger charge is -2.36. The summed E-state index contributed by atoms with van der Waals surface area (Å²) in [5.41, 5.74) is 2.84. The number of hydrogen-bond acceptors (Lipinski definition) is 5. The summed E-state index contributed by atoms with van der Waals surface area (Å²) >= 11 is 6.56. The molecule has 1 saturated heterocycles. The number of piperazine rings is 1. The average molecular weight is 522 g/mol. The Bertz CT molecular complexity index is 1200. The van der Waals surface area contributed by atoms with Crippen LogP contribution in [0, 0.1) is 0 Å². The van der Waals surface area contributed by atoms with E-state index >= 15 is 0 Å². The summed E-state index contributed by atoms with van der Waals surface area (Å²) in [6, 6.07) is 17.0. The number of rotatable bonds is 7. The number of anilines is 2. The van der Waals surface area contributed by atoms with Gasteiger partial charge in [0.15, 0.2) is 12.4 Å². The Balaban J connectivity index is 1.09. The van der Waals surface area contributed by atoms with Gasteiger partial charge in [-0.05, 0) is 66.8 Å². The van der Waals surface area contributed by atoms with Gasteiger partial charge < -0.3 is 24.3 Å². The van der Waals surface area contributed by atoms with Crippen LogP contribution in [-0.4, -0.2) is 49.5 Å². The number of hydrogen-bond donors (Lipinski definition) is 1. The molecule has 2 amide bonds. The molecule has 0 radical (unpaired) electrons. The summed E-state index contributed by atoms with van der Waals surface area (Å²) in [7, 11) is 0. The zero-order valence-corrected chi connectivity index (χ0v) is 21.6. The first-order valence-corrected chi connectivity index (χ1v) is 13.3. The van der Waals surface area contributed by atoms with Crippen LogP contribution < -0.4 is 15.0 Å².